The molecule has 3 heterocycles. The molecule has 3 aromatic rings. The first kappa shape index (κ1) is 20.4. The van der Waals surface area contributed by atoms with Gasteiger partial charge in [-0.1, -0.05) is 30.3 Å². The monoisotopic (exact) mass is 417 g/mol. The first-order chi connectivity index (χ1) is 14.5. The van der Waals surface area contributed by atoms with E-state index in [0.717, 1.165) is 5.56 Å². The van der Waals surface area contributed by atoms with Crippen LogP contribution in [0.2, 0.25) is 0 Å². The molecule has 5 atom stereocenters. The predicted octanol–water partition coefficient (Wildman–Crippen LogP) is -0.213. The van der Waals surface area contributed by atoms with Gasteiger partial charge in [0.25, 0.3) is 0 Å². The van der Waals surface area contributed by atoms with Crippen LogP contribution < -0.4 is 10.5 Å². The molecule has 2 aromatic heterocycles. The second-order valence-electron chi connectivity index (χ2n) is 6.89. The maximum absolute atomic E-state index is 10.3. The lowest BCUT2D eigenvalue weighted by molar-refractivity contribution is -0.0511. The summed E-state index contributed by atoms with van der Waals surface area (Å²) >= 11 is 0. The Morgan fingerprint density at radius 1 is 1.20 bits per heavy atom. The summed E-state index contributed by atoms with van der Waals surface area (Å²) in [6.07, 6.45) is -3.42. The van der Waals surface area contributed by atoms with Crippen molar-refractivity contribution in [1.29, 1.82) is 0 Å². The quantitative estimate of drug-likeness (QED) is 0.405. The largest absolute Gasteiger partial charge is 0.460 e. The number of aliphatic hydroxyl groups excluding tert-OH is 3. The third-order valence-electron chi connectivity index (χ3n) is 5.04. The second-order valence-corrected chi connectivity index (χ2v) is 6.89. The maximum Gasteiger partial charge on any atom is 0.320 e. The number of anilines is 1. The minimum atomic E-state index is -1.28. The van der Waals surface area contributed by atoms with Crippen molar-refractivity contribution in [3.05, 3.63) is 42.2 Å². The zero-order chi connectivity index (χ0) is 21.3. The average Bonchev–Trinajstić information content (AvgIpc) is 3.31. The number of rotatable bonds is 7. The molecule has 0 radical (unpaired) electrons. The molecule has 11 nitrogen and oxygen atoms in total. The highest BCUT2D eigenvalue weighted by Gasteiger charge is 2.44. The second kappa shape index (κ2) is 8.50. The summed E-state index contributed by atoms with van der Waals surface area (Å²) in [6.45, 7) is -0.293. The van der Waals surface area contributed by atoms with Crippen LogP contribution in [0.1, 0.15) is 17.9 Å². The zero-order valence-corrected chi connectivity index (χ0v) is 16.2. The Morgan fingerprint density at radius 3 is 2.63 bits per heavy atom. The highest BCUT2D eigenvalue weighted by Crippen LogP contribution is 2.32. The minimum absolute atomic E-state index is 0.00599. The molecule has 0 spiro atoms. The Bertz CT molecular complexity index is 1000. The smallest absolute Gasteiger partial charge is 0.320 e. The first-order valence-electron chi connectivity index (χ1n) is 9.36. The van der Waals surface area contributed by atoms with Gasteiger partial charge < -0.3 is 35.3 Å². The van der Waals surface area contributed by atoms with Crippen LogP contribution >= 0.6 is 0 Å². The molecule has 1 aliphatic rings. The molecule has 0 saturated carbocycles. The predicted molar refractivity (Wildman–Crippen MR) is 104 cm³/mol. The van der Waals surface area contributed by atoms with Gasteiger partial charge in [0.05, 0.1) is 12.9 Å². The van der Waals surface area contributed by atoms with Crippen LogP contribution in [-0.4, -0.2) is 73.5 Å². The fourth-order valence-corrected chi connectivity index (χ4v) is 3.40. The molecule has 0 unspecified atom stereocenters. The fourth-order valence-electron chi connectivity index (χ4n) is 3.40. The van der Waals surface area contributed by atoms with Crippen molar-refractivity contribution in [1.82, 2.24) is 19.5 Å². The number of nitrogens with zero attached hydrogens (tertiary/aromatic N) is 4. The average molecular weight is 417 g/mol. The number of nitrogen functional groups attached to an aromatic ring is 1. The Hall–Kier alpha value is -2.83. The van der Waals surface area contributed by atoms with Gasteiger partial charge in [-0.2, -0.15) is 9.97 Å². The number of hydrogen-bond donors (Lipinski definition) is 4. The van der Waals surface area contributed by atoms with E-state index in [4.69, 9.17) is 19.9 Å². The number of fused-ring (bicyclic) bond motifs is 1. The summed E-state index contributed by atoms with van der Waals surface area (Å²) in [5.74, 6) is 0.0918. The fraction of sp³-hybridized carbons (Fsp3) is 0.421. The molecule has 1 aliphatic heterocycles. The van der Waals surface area contributed by atoms with Crippen LogP contribution in [0.25, 0.3) is 11.2 Å². The molecule has 160 valence electrons. The number of ether oxygens (including phenoxy) is 3. The molecule has 1 saturated heterocycles. The lowest BCUT2D eigenvalue weighted by Gasteiger charge is -2.17. The molecule has 1 fully saturated rings. The molecule has 11 heteroatoms. The summed E-state index contributed by atoms with van der Waals surface area (Å²) in [4.78, 5) is 12.6. The molecular weight excluding hydrogens is 394 g/mol. The van der Waals surface area contributed by atoms with E-state index in [1.165, 1.54) is 10.9 Å². The molecule has 1 aromatic carbocycles. The zero-order valence-electron chi connectivity index (χ0n) is 16.2. The van der Waals surface area contributed by atoms with Gasteiger partial charge in [0.15, 0.2) is 23.2 Å². The van der Waals surface area contributed by atoms with Gasteiger partial charge >= 0.3 is 6.01 Å². The Balaban J connectivity index is 1.59. The summed E-state index contributed by atoms with van der Waals surface area (Å²) in [5.41, 5.74) is 7.50. The SMILES string of the molecule is CO[C@@H](COc1nc(N)c2ncn([C@@H]3O[C@H](CO)[C@@H](O)[C@H]3O)c2n1)c1ccccc1. The number of nitrogens with two attached hydrogens (primary N) is 1. The molecule has 0 amide bonds. The lowest BCUT2D eigenvalue weighted by Crippen LogP contribution is -2.33. The van der Waals surface area contributed by atoms with Crippen molar-refractivity contribution in [2.45, 2.75) is 30.6 Å². The first-order valence-corrected chi connectivity index (χ1v) is 9.36. The molecule has 4 rings (SSSR count). The van der Waals surface area contributed by atoms with Gasteiger partial charge in [0.2, 0.25) is 0 Å². The van der Waals surface area contributed by atoms with Gasteiger partial charge in [-0.3, -0.25) is 4.57 Å². The van der Waals surface area contributed by atoms with Crippen molar-refractivity contribution in [2.24, 2.45) is 0 Å². The van der Waals surface area contributed by atoms with Gasteiger partial charge in [-0.25, -0.2) is 4.98 Å². The topological polar surface area (TPSA) is 158 Å². The van der Waals surface area contributed by atoms with Gasteiger partial charge in [0, 0.05) is 7.11 Å². The number of aliphatic hydroxyl groups is 3. The van der Waals surface area contributed by atoms with E-state index in [2.05, 4.69) is 15.0 Å². The number of aromatic nitrogens is 4. The van der Waals surface area contributed by atoms with Crippen molar-refractivity contribution < 1.29 is 29.5 Å². The number of hydrogen-bond acceptors (Lipinski definition) is 10. The van der Waals surface area contributed by atoms with E-state index < -0.39 is 31.1 Å². The summed E-state index contributed by atoms with van der Waals surface area (Å²) in [5, 5.41) is 29.6. The normalized spacial score (nSPS) is 24.9. The van der Waals surface area contributed by atoms with Gasteiger partial charge in [-0.05, 0) is 5.56 Å². The third-order valence-corrected chi connectivity index (χ3v) is 5.04. The van der Waals surface area contributed by atoms with Crippen molar-refractivity contribution >= 4 is 17.0 Å². The van der Waals surface area contributed by atoms with Crippen molar-refractivity contribution in [3.8, 4) is 6.01 Å². The van der Waals surface area contributed by atoms with Crippen LogP contribution in [-0.2, 0) is 9.47 Å². The highest BCUT2D eigenvalue weighted by molar-refractivity contribution is 5.82. The van der Waals surface area contributed by atoms with E-state index in [-0.39, 0.29) is 30.2 Å². The summed E-state index contributed by atoms with van der Waals surface area (Å²) in [7, 11) is 1.58. The van der Waals surface area contributed by atoms with E-state index in [0.29, 0.717) is 5.52 Å². The molecule has 0 aliphatic carbocycles. The van der Waals surface area contributed by atoms with Crippen LogP contribution in [0.4, 0.5) is 5.82 Å². The van der Waals surface area contributed by atoms with Crippen LogP contribution in [0.15, 0.2) is 36.7 Å². The Morgan fingerprint density at radius 2 is 1.97 bits per heavy atom. The van der Waals surface area contributed by atoms with Crippen LogP contribution in [0.3, 0.4) is 0 Å². The van der Waals surface area contributed by atoms with Crippen molar-refractivity contribution in [2.75, 3.05) is 26.1 Å². The third kappa shape index (κ3) is 3.68. The highest BCUT2D eigenvalue weighted by atomic mass is 16.6. The summed E-state index contributed by atoms with van der Waals surface area (Å²) < 4.78 is 18.2. The standard InChI is InChI=1S/C19H23N5O6/c1-28-12(10-5-3-2-4-6-10)8-29-19-22-16(20)13-17(23-19)24(9-21-13)18-15(27)14(26)11(7-25)30-18/h2-6,9,11-12,14-15,18,25-27H,7-8H2,1H3,(H2,20,22,23)/t11-,12+,14-,15-,18-/m1/s1. The number of methoxy groups -OCH3 is 1. The van der Waals surface area contributed by atoms with E-state index in [1.807, 2.05) is 30.3 Å². The number of imidazole rings is 1. The Labute approximate surface area is 171 Å². The maximum atomic E-state index is 10.3. The lowest BCUT2D eigenvalue weighted by atomic mass is 10.1. The van der Waals surface area contributed by atoms with E-state index in [9.17, 15) is 15.3 Å². The summed E-state index contributed by atoms with van der Waals surface area (Å²) in [6, 6.07) is 9.57. The van der Waals surface area contributed by atoms with Gasteiger partial charge in [0.1, 0.15) is 31.0 Å². The van der Waals surface area contributed by atoms with E-state index >= 15 is 0 Å². The molecule has 30 heavy (non-hydrogen) atoms. The Kier molecular flexibility index (Phi) is 5.79. The molecule has 5 N–H and O–H groups in total. The molecular formula is C19H23N5O6. The van der Waals surface area contributed by atoms with Gasteiger partial charge in [-0.15, -0.1) is 0 Å². The van der Waals surface area contributed by atoms with Crippen molar-refractivity contribution in [3.63, 3.8) is 0 Å². The number of benzene rings is 1. The molecule has 0 bridgehead atoms. The minimum Gasteiger partial charge on any atom is -0.460 e. The van der Waals surface area contributed by atoms with Crippen LogP contribution in [0, 0.1) is 0 Å². The van der Waals surface area contributed by atoms with Crippen LogP contribution in [0.5, 0.6) is 6.01 Å². The van der Waals surface area contributed by atoms with E-state index in [1.54, 1.807) is 7.11 Å².